The molecule has 2 aromatic rings. The van der Waals surface area contributed by atoms with E-state index in [1.54, 1.807) is 30.3 Å². The highest BCUT2D eigenvalue weighted by Crippen LogP contribution is 2.28. The molecule has 1 saturated heterocycles. The fourth-order valence-electron chi connectivity index (χ4n) is 2.59. The Bertz CT molecular complexity index is 890. The molecular weight excluding hydrogens is 406 g/mol. The lowest BCUT2D eigenvalue weighted by Crippen LogP contribution is -2.36. The van der Waals surface area contributed by atoms with Crippen LogP contribution in [0.3, 0.4) is 0 Å². The Balaban J connectivity index is 1.91. The number of hydrogen-bond acceptors (Lipinski definition) is 5. The number of phenolic OH excluding ortho intramolecular Hbond substituents is 1. The van der Waals surface area contributed by atoms with Crippen molar-refractivity contribution in [1.29, 1.82) is 0 Å². The van der Waals surface area contributed by atoms with E-state index >= 15 is 0 Å². The molecule has 0 spiro atoms. The third-order valence-electron chi connectivity index (χ3n) is 3.92. The number of para-hydroxylation sites is 1. The average Bonchev–Trinajstić information content (AvgIpc) is 2.61. The highest BCUT2D eigenvalue weighted by Gasteiger charge is 2.17. The van der Waals surface area contributed by atoms with Gasteiger partial charge >= 0.3 is 0 Å². The van der Waals surface area contributed by atoms with Crippen LogP contribution in [0.5, 0.6) is 5.75 Å². The summed E-state index contributed by atoms with van der Waals surface area (Å²) in [7, 11) is -3.64. The van der Waals surface area contributed by atoms with E-state index in [0.717, 1.165) is 24.2 Å². The predicted octanol–water partition coefficient (Wildman–Crippen LogP) is 3.44. The summed E-state index contributed by atoms with van der Waals surface area (Å²) in [6, 6.07) is 11.7. The monoisotopic (exact) mass is 423 g/mol. The van der Waals surface area contributed by atoms with Gasteiger partial charge in [-0.1, -0.05) is 34.1 Å². The molecule has 1 aliphatic heterocycles. The first kappa shape index (κ1) is 18.0. The zero-order valence-electron chi connectivity index (χ0n) is 13.4. The zero-order chi connectivity index (χ0) is 17.9. The molecule has 25 heavy (non-hydrogen) atoms. The quantitative estimate of drug-likeness (QED) is 0.815. The van der Waals surface area contributed by atoms with Crippen molar-refractivity contribution in [3.63, 3.8) is 0 Å². The molecule has 1 fully saturated rings. The SMILES string of the molecule is O=S(=O)(/C=C/c1ccccc1O)c1cc(Br)cc(N2CCOCC2)c1. The van der Waals surface area contributed by atoms with Crippen molar-refractivity contribution < 1.29 is 18.3 Å². The Labute approximate surface area is 155 Å². The summed E-state index contributed by atoms with van der Waals surface area (Å²) in [5.41, 5.74) is 1.29. The van der Waals surface area contributed by atoms with Crippen molar-refractivity contribution >= 4 is 37.5 Å². The molecule has 0 bridgehead atoms. The van der Waals surface area contributed by atoms with Gasteiger partial charge in [-0.2, -0.15) is 0 Å². The molecule has 0 atom stereocenters. The number of morpholine rings is 1. The highest BCUT2D eigenvalue weighted by atomic mass is 79.9. The lowest BCUT2D eigenvalue weighted by Gasteiger charge is -2.29. The first-order valence-corrected chi connectivity index (χ1v) is 10.1. The number of nitrogens with zero attached hydrogens (tertiary/aromatic N) is 1. The molecule has 0 radical (unpaired) electrons. The van der Waals surface area contributed by atoms with Gasteiger partial charge in [0.15, 0.2) is 9.84 Å². The minimum atomic E-state index is -3.64. The van der Waals surface area contributed by atoms with Crippen LogP contribution >= 0.6 is 15.9 Å². The second-order valence-corrected chi connectivity index (χ2v) is 8.40. The lowest BCUT2D eigenvalue weighted by atomic mass is 10.2. The van der Waals surface area contributed by atoms with E-state index in [1.165, 1.54) is 12.1 Å². The van der Waals surface area contributed by atoms with Gasteiger partial charge in [0.1, 0.15) is 5.75 Å². The van der Waals surface area contributed by atoms with Crippen LogP contribution in [-0.4, -0.2) is 39.8 Å². The Morgan fingerprint density at radius 2 is 1.84 bits per heavy atom. The van der Waals surface area contributed by atoms with Gasteiger partial charge in [-0.25, -0.2) is 8.42 Å². The molecule has 0 saturated carbocycles. The molecule has 3 rings (SSSR count). The normalized spacial score (nSPS) is 15.6. The first-order chi connectivity index (χ1) is 12.0. The van der Waals surface area contributed by atoms with Crippen molar-refractivity contribution in [1.82, 2.24) is 0 Å². The molecule has 1 N–H and O–H groups in total. The fraction of sp³-hybridized carbons (Fsp3) is 0.222. The van der Waals surface area contributed by atoms with E-state index in [9.17, 15) is 13.5 Å². The van der Waals surface area contributed by atoms with Gasteiger partial charge in [0, 0.05) is 34.2 Å². The Hall–Kier alpha value is -1.83. The second kappa shape index (κ2) is 7.59. The molecule has 1 aliphatic rings. The number of benzene rings is 2. The number of phenols is 1. The number of hydrogen-bond donors (Lipinski definition) is 1. The molecule has 0 aromatic heterocycles. The standard InChI is InChI=1S/C18H18BrNO4S/c19-15-11-16(20-6-8-24-9-7-20)13-17(12-15)25(22,23)10-5-14-3-1-2-4-18(14)21/h1-5,10-13,21H,6-9H2/b10-5+. The molecular formula is C18H18BrNO4S. The maximum absolute atomic E-state index is 12.7. The van der Waals surface area contributed by atoms with E-state index < -0.39 is 9.84 Å². The Morgan fingerprint density at radius 1 is 1.12 bits per heavy atom. The lowest BCUT2D eigenvalue weighted by molar-refractivity contribution is 0.122. The smallest absolute Gasteiger partial charge is 0.199 e. The van der Waals surface area contributed by atoms with Crippen LogP contribution in [-0.2, 0) is 14.6 Å². The molecule has 132 valence electrons. The minimum Gasteiger partial charge on any atom is -0.507 e. The van der Waals surface area contributed by atoms with E-state index in [4.69, 9.17) is 4.74 Å². The third kappa shape index (κ3) is 4.42. The number of ether oxygens (including phenoxy) is 1. The number of aromatic hydroxyl groups is 1. The van der Waals surface area contributed by atoms with Crippen molar-refractivity contribution in [3.05, 3.63) is 57.9 Å². The highest BCUT2D eigenvalue weighted by molar-refractivity contribution is 9.10. The van der Waals surface area contributed by atoms with Crippen molar-refractivity contribution in [3.8, 4) is 5.75 Å². The van der Waals surface area contributed by atoms with Crippen LogP contribution in [0, 0.1) is 0 Å². The molecule has 7 heteroatoms. The summed E-state index contributed by atoms with van der Waals surface area (Å²) in [5.74, 6) is 0.0391. The largest absolute Gasteiger partial charge is 0.507 e. The molecule has 5 nitrogen and oxygen atoms in total. The van der Waals surface area contributed by atoms with Crippen molar-refractivity contribution in [2.75, 3.05) is 31.2 Å². The van der Waals surface area contributed by atoms with Gasteiger partial charge in [0.25, 0.3) is 0 Å². The summed E-state index contributed by atoms with van der Waals surface area (Å²) >= 11 is 3.39. The maximum atomic E-state index is 12.7. The van der Waals surface area contributed by atoms with Gasteiger partial charge < -0.3 is 14.7 Å². The van der Waals surface area contributed by atoms with Crippen molar-refractivity contribution in [2.24, 2.45) is 0 Å². The summed E-state index contributed by atoms with van der Waals surface area (Å²) in [6.45, 7) is 2.71. The van der Waals surface area contributed by atoms with Gasteiger partial charge in [-0.3, -0.25) is 0 Å². The molecule has 0 amide bonds. The van der Waals surface area contributed by atoms with Crippen LogP contribution in [0.15, 0.2) is 57.2 Å². The topological polar surface area (TPSA) is 66.8 Å². The van der Waals surface area contributed by atoms with E-state index in [-0.39, 0.29) is 10.6 Å². The number of anilines is 1. The van der Waals surface area contributed by atoms with E-state index in [0.29, 0.717) is 23.2 Å². The first-order valence-electron chi connectivity index (χ1n) is 7.80. The van der Waals surface area contributed by atoms with Crippen LogP contribution in [0.1, 0.15) is 5.56 Å². The Morgan fingerprint density at radius 3 is 2.56 bits per heavy atom. The Kier molecular flexibility index (Phi) is 5.46. The zero-order valence-corrected chi connectivity index (χ0v) is 15.8. The third-order valence-corrected chi connectivity index (χ3v) is 5.77. The van der Waals surface area contributed by atoms with Crippen molar-refractivity contribution in [2.45, 2.75) is 4.90 Å². The molecule has 2 aromatic carbocycles. The summed E-state index contributed by atoms with van der Waals surface area (Å²) in [4.78, 5) is 2.30. The van der Waals surface area contributed by atoms with Crippen LogP contribution in [0.4, 0.5) is 5.69 Å². The van der Waals surface area contributed by atoms with E-state index in [1.807, 2.05) is 6.07 Å². The predicted molar refractivity (Wildman–Crippen MR) is 102 cm³/mol. The summed E-state index contributed by atoms with van der Waals surface area (Å²) in [6.07, 6.45) is 1.40. The minimum absolute atomic E-state index is 0.0391. The fourth-order valence-corrected chi connectivity index (χ4v) is 4.28. The van der Waals surface area contributed by atoms with Gasteiger partial charge in [-0.05, 0) is 30.3 Å². The average molecular weight is 424 g/mol. The number of sulfone groups is 1. The van der Waals surface area contributed by atoms with Gasteiger partial charge in [-0.15, -0.1) is 0 Å². The van der Waals surface area contributed by atoms with Gasteiger partial charge in [0.2, 0.25) is 0 Å². The van der Waals surface area contributed by atoms with E-state index in [2.05, 4.69) is 20.8 Å². The summed E-state index contributed by atoms with van der Waals surface area (Å²) < 4.78 is 31.4. The van der Waals surface area contributed by atoms with Crippen LogP contribution < -0.4 is 4.90 Å². The number of rotatable bonds is 4. The number of halogens is 1. The van der Waals surface area contributed by atoms with Crippen LogP contribution in [0.2, 0.25) is 0 Å². The maximum Gasteiger partial charge on any atom is 0.199 e. The van der Waals surface area contributed by atoms with Crippen LogP contribution in [0.25, 0.3) is 6.08 Å². The summed E-state index contributed by atoms with van der Waals surface area (Å²) in [5, 5.41) is 10.9. The molecule has 0 aliphatic carbocycles. The second-order valence-electron chi connectivity index (χ2n) is 5.65. The molecule has 1 heterocycles. The van der Waals surface area contributed by atoms with Gasteiger partial charge in [0.05, 0.1) is 18.1 Å². The molecule has 0 unspecified atom stereocenters.